The van der Waals surface area contributed by atoms with Gasteiger partial charge in [0.2, 0.25) is 0 Å². The van der Waals surface area contributed by atoms with E-state index in [0.29, 0.717) is 18.2 Å². The van der Waals surface area contributed by atoms with Crippen molar-refractivity contribution in [3.05, 3.63) is 59.9 Å². The number of benzene rings is 1. The molecule has 1 aromatic carbocycles. The van der Waals surface area contributed by atoms with Gasteiger partial charge < -0.3 is 9.64 Å². The number of hydrogen-bond donors (Lipinski definition) is 1. The van der Waals surface area contributed by atoms with E-state index in [-0.39, 0.29) is 0 Å². The monoisotopic (exact) mass is 391 g/mol. The van der Waals surface area contributed by atoms with Gasteiger partial charge in [-0.3, -0.25) is 10.1 Å². The van der Waals surface area contributed by atoms with Crippen LogP contribution < -0.4 is 4.90 Å². The second-order valence-electron chi connectivity index (χ2n) is 6.63. The van der Waals surface area contributed by atoms with Crippen molar-refractivity contribution < 1.29 is 4.74 Å². The summed E-state index contributed by atoms with van der Waals surface area (Å²) in [4.78, 5) is 11.8. The molecular weight excluding hydrogens is 374 g/mol. The lowest BCUT2D eigenvalue weighted by molar-refractivity contribution is 0.122. The van der Waals surface area contributed by atoms with E-state index < -0.39 is 0 Å². The van der Waals surface area contributed by atoms with Crippen molar-refractivity contribution in [2.24, 2.45) is 0 Å². The van der Waals surface area contributed by atoms with Crippen LogP contribution in [-0.4, -0.2) is 46.5 Å². The van der Waals surface area contributed by atoms with Crippen LogP contribution in [0.15, 0.2) is 54.9 Å². The summed E-state index contributed by atoms with van der Waals surface area (Å²) in [6.07, 6.45) is 3.52. The maximum Gasteiger partial charge on any atom is 0.130 e. The number of ether oxygens (including phenoxy) is 1. The zero-order valence-corrected chi connectivity index (χ0v) is 15.9. The highest BCUT2D eigenvalue weighted by atomic mass is 35.5. The Morgan fingerprint density at radius 3 is 2.64 bits per heavy atom. The van der Waals surface area contributed by atoms with Crippen LogP contribution >= 0.6 is 11.6 Å². The van der Waals surface area contributed by atoms with Gasteiger partial charge in [-0.1, -0.05) is 29.8 Å². The van der Waals surface area contributed by atoms with E-state index in [9.17, 15) is 0 Å². The predicted molar refractivity (Wildman–Crippen MR) is 111 cm³/mol. The van der Waals surface area contributed by atoms with E-state index in [0.717, 1.165) is 52.3 Å². The molecule has 1 aliphatic heterocycles. The SMILES string of the molecule is Clc1ccccc1-c1cc(N2CCOCC2)nc2c(-c3ccn[nH]3)nccc12. The van der Waals surface area contributed by atoms with E-state index in [1.54, 1.807) is 12.4 Å². The number of pyridine rings is 2. The van der Waals surface area contributed by atoms with Gasteiger partial charge in [0.25, 0.3) is 0 Å². The number of morpholine rings is 1. The van der Waals surface area contributed by atoms with Crippen molar-refractivity contribution in [3.63, 3.8) is 0 Å². The fourth-order valence-electron chi connectivity index (χ4n) is 3.58. The van der Waals surface area contributed by atoms with E-state index in [2.05, 4.69) is 26.1 Å². The number of halogens is 1. The van der Waals surface area contributed by atoms with Crippen LogP contribution in [0.2, 0.25) is 5.02 Å². The number of nitrogens with zero attached hydrogens (tertiary/aromatic N) is 4. The fraction of sp³-hybridized carbons (Fsp3) is 0.190. The Kier molecular flexibility index (Phi) is 4.43. The molecular formula is C21H18ClN5O. The maximum atomic E-state index is 6.55. The molecule has 1 N–H and O–H groups in total. The van der Waals surface area contributed by atoms with Crippen LogP contribution in [0.1, 0.15) is 0 Å². The van der Waals surface area contributed by atoms with Crippen LogP contribution in [0, 0.1) is 0 Å². The van der Waals surface area contributed by atoms with Gasteiger partial charge >= 0.3 is 0 Å². The largest absolute Gasteiger partial charge is 0.378 e. The molecule has 1 aliphatic rings. The van der Waals surface area contributed by atoms with Gasteiger partial charge in [0.1, 0.15) is 17.0 Å². The molecule has 28 heavy (non-hydrogen) atoms. The summed E-state index contributed by atoms with van der Waals surface area (Å²) in [7, 11) is 0. The summed E-state index contributed by atoms with van der Waals surface area (Å²) in [5, 5.41) is 8.79. The molecule has 0 atom stereocenters. The number of fused-ring (bicyclic) bond motifs is 1. The van der Waals surface area contributed by atoms with Crippen LogP contribution in [0.25, 0.3) is 33.4 Å². The lowest BCUT2D eigenvalue weighted by atomic mass is 10.00. The highest BCUT2D eigenvalue weighted by Gasteiger charge is 2.19. The van der Waals surface area contributed by atoms with Gasteiger partial charge in [-0.15, -0.1) is 0 Å². The maximum absolute atomic E-state index is 6.55. The number of nitrogens with one attached hydrogen (secondary N) is 1. The molecule has 140 valence electrons. The molecule has 0 aliphatic carbocycles. The van der Waals surface area contributed by atoms with Crippen LogP contribution in [0.3, 0.4) is 0 Å². The second-order valence-corrected chi connectivity index (χ2v) is 7.04. The molecule has 1 saturated heterocycles. The van der Waals surface area contributed by atoms with Crippen molar-refractivity contribution >= 4 is 28.3 Å². The molecule has 0 saturated carbocycles. The standard InChI is InChI=1S/C21H18ClN5O/c22-17-4-2-1-3-14(17)16-13-19(27-9-11-28-12-10-27)25-20-15(16)5-7-23-21(20)18-6-8-24-26-18/h1-8,13H,9-12H2,(H,24,26). The molecule has 4 aromatic rings. The molecule has 0 amide bonds. The quantitative estimate of drug-likeness (QED) is 0.567. The third kappa shape index (κ3) is 3.00. The Labute approximate surface area is 167 Å². The third-order valence-electron chi connectivity index (χ3n) is 4.97. The number of rotatable bonds is 3. The van der Waals surface area contributed by atoms with Gasteiger partial charge in [-0.25, -0.2) is 4.98 Å². The first-order valence-electron chi connectivity index (χ1n) is 9.18. The Bertz CT molecular complexity index is 1120. The zero-order valence-electron chi connectivity index (χ0n) is 15.1. The summed E-state index contributed by atoms with van der Waals surface area (Å²) in [5.74, 6) is 0.902. The van der Waals surface area contributed by atoms with Gasteiger partial charge in [0.05, 0.1) is 18.9 Å². The Morgan fingerprint density at radius 2 is 1.86 bits per heavy atom. The molecule has 6 nitrogen and oxygen atoms in total. The Hall–Kier alpha value is -2.96. The lowest BCUT2D eigenvalue weighted by Crippen LogP contribution is -2.36. The van der Waals surface area contributed by atoms with Crippen LogP contribution in [-0.2, 0) is 4.74 Å². The number of H-pyrrole nitrogens is 1. The van der Waals surface area contributed by atoms with Crippen molar-refractivity contribution in [3.8, 4) is 22.5 Å². The molecule has 0 unspecified atom stereocenters. The molecule has 0 radical (unpaired) electrons. The average molecular weight is 392 g/mol. The summed E-state index contributed by atoms with van der Waals surface area (Å²) < 4.78 is 5.51. The minimum atomic E-state index is 0.696. The molecule has 1 fully saturated rings. The van der Waals surface area contributed by atoms with Crippen LogP contribution in [0.5, 0.6) is 0 Å². The first-order chi connectivity index (χ1) is 13.8. The first kappa shape index (κ1) is 17.2. The van der Waals surface area contributed by atoms with Crippen LogP contribution in [0.4, 0.5) is 5.82 Å². The van der Waals surface area contributed by atoms with Crippen molar-refractivity contribution in [2.45, 2.75) is 0 Å². The normalized spacial score (nSPS) is 14.5. The summed E-state index contributed by atoms with van der Waals surface area (Å²) in [5.41, 5.74) is 4.46. The lowest BCUT2D eigenvalue weighted by Gasteiger charge is -2.28. The van der Waals surface area contributed by atoms with Crippen molar-refractivity contribution in [1.82, 2.24) is 20.2 Å². The summed E-state index contributed by atoms with van der Waals surface area (Å²) in [6, 6.07) is 13.9. The third-order valence-corrected chi connectivity index (χ3v) is 5.30. The number of anilines is 1. The van der Waals surface area contributed by atoms with E-state index in [4.69, 9.17) is 21.3 Å². The van der Waals surface area contributed by atoms with E-state index in [1.165, 1.54) is 0 Å². The van der Waals surface area contributed by atoms with Gasteiger partial charge in [0.15, 0.2) is 0 Å². The van der Waals surface area contributed by atoms with Crippen molar-refractivity contribution in [1.29, 1.82) is 0 Å². The fourth-order valence-corrected chi connectivity index (χ4v) is 3.82. The first-order valence-corrected chi connectivity index (χ1v) is 9.56. The highest BCUT2D eigenvalue weighted by molar-refractivity contribution is 6.33. The smallest absolute Gasteiger partial charge is 0.130 e. The second kappa shape index (κ2) is 7.22. The molecule has 5 rings (SSSR count). The van der Waals surface area contributed by atoms with Gasteiger partial charge in [-0.2, -0.15) is 5.10 Å². The average Bonchev–Trinajstić information content (AvgIpc) is 3.28. The van der Waals surface area contributed by atoms with Gasteiger partial charge in [0, 0.05) is 41.5 Å². The molecule has 0 spiro atoms. The molecule has 4 heterocycles. The summed E-state index contributed by atoms with van der Waals surface area (Å²) >= 11 is 6.55. The number of aromatic nitrogens is 4. The topological polar surface area (TPSA) is 66.9 Å². The van der Waals surface area contributed by atoms with E-state index >= 15 is 0 Å². The van der Waals surface area contributed by atoms with Gasteiger partial charge in [-0.05, 0) is 29.8 Å². The molecule has 7 heteroatoms. The van der Waals surface area contributed by atoms with Crippen molar-refractivity contribution in [2.75, 3.05) is 31.2 Å². The predicted octanol–water partition coefficient (Wildman–Crippen LogP) is 4.18. The molecule has 0 bridgehead atoms. The number of hydrogen-bond acceptors (Lipinski definition) is 5. The highest BCUT2D eigenvalue weighted by Crippen LogP contribution is 2.37. The summed E-state index contributed by atoms with van der Waals surface area (Å²) in [6.45, 7) is 3.00. The Morgan fingerprint density at radius 1 is 1.00 bits per heavy atom. The zero-order chi connectivity index (χ0) is 18.9. The minimum absolute atomic E-state index is 0.696. The Balaban J connectivity index is 1.80. The van der Waals surface area contributed by atoms with E-state index in [1.807, 2.05) is 36.4 Å². The molecule has 3 aromatic heterocycles. The number of aromatic amines is 1. The minimum Gasteiger partial charge on any atom is -0.378 e.